The van der Waals surface area contributed by atoms with Gasteiger partial charge in [-0.25, -0.2) is 0 Å². The molecule has 0 radical (unpaired) electrons. The van der Waals surface area contributed by atoms with Gasteiger partial charge in [0.15, 0.2) is 5.78 Å². The molecule has 0 spiro atoms. The van der Waals surface area contributed by atoms with Crippen molar-refractivity contribution in [3.05, 3.63) is 70.3 Å². The third-order valence-electron chi connectivity index (χ3n) is 7.03. The van der Waals surface area contributed by atoms with Crippen LogP contribution in [-0.4, -0.2) is 67.4 Å². The third-order valence-corrected chi connectivity index (χ3v) is 7.03. The fraction of sp³-hybridized carbons (Fsp3) is 0.481. The second kappa shape index (κ2) is 10.4. The van der Waals surface area contributed by atoms with E-state index in [0.29, 0.717) is 22.6 Å². The summed E-state index contributed by atoms with van der Waals surface area (Å²) in [5.74, 6) is 0.552. The number of nitrogens with zero attached hydrogens (tertiary/aromatic N) is 2. The molecule has 2 aliphatic rings. The minimum Gasteiger partial charge on any atom is -0.379 e. The van der Waals surface area contributed by atoms with E-state index in [9.17, 15) is 9.59 Å². The summed E-state index contributed by atoms with van der Waals surface area (Å²) in [6.07, 6.45) is 3.25. The number of ether oxygens (including phenoxy) is 1. The zero-order valence-corrected chi connectivity index (χ0v) is 19.3. The number of morpholine rings is 1. The number of ketones is 1. The normalized spacial score (nSPS) is 18.0. The molecule has 0 atom stereocenters. The SMILES string of the molecule is Cc1ccc(C(=O)c2ccccc2C(=O)N2CCC(CCN3CCOCC3)CC2)cc1C. The van der Waals surface area contributed by atoms with Crippen molar-refractivity contribution < 1.29 is 14.3 Å². The lowest BCUT2D eigenvalue weighted by Gasteiger charge is -2.34. The van der Waals surface area contributed by atoms with E-state index >= 15 is 0 Å². The van der Waals surface area contributed by atoms with Crippen LogP contribution in [0.15, 0.2) is 42.5 Å². The number of carbonyl (C=O) groups excluding carboxylic acids is 2. The first-order valence-electron chi connectivity index (χ1n) is 11.8. The highest BCUT2D eigenvalue weighted by Crippen LogP contribution is 2.24. The molecule has 170 valence electrons. The lowest BCUT2D eigenvalue weighted by atomic mass is 9.91. The second-order valence-corrected chi connectivity index (χ2v) is 9.15. The van der Waals surface area contributed by atoms with Gasteiger partial charge in [-0.2, -0.15) is 0 Å². The molecule has 5 nitrogen and oxygen atoms in total. The molecule has 2 aliphatic heterocycles. The van der Waals surface area contributed by atoms with Gasteiger partial charge in [-0.3, -0.25) is 14.5 Å². The predicted molar refractivity (Wildman–Crippen MR) is 126 cm³/mol. The molecule has 2 saturated heterocycles. The molecule has 0 unspecified atom stereocenters. The van der Waals surface area contributed by atoms with E-state index in [4.69, 9.17) is 4.74 Å². The van der Waals surface area contributed by atoms with Gasteiger partial charge in [0, 0.05) is 37.3 Å². The van der Waals surface area contributed by atoms with Gasteiger partial charge < -0.3 is 9.64 Å². The lowest BCUT2D eigenvalue weighted by Crippen LogP contribution is -2.41. The average Bonchev–Trinajstić information content (AvgIpc) is 2.84. The Morgan fingerprint density at radius 1 is 0.906 bits per heavy atom. The largest absolute Gasteiger partial charge is 0.379 e. The van der Waals surface area contributed by atoms with E-state index < -0.39 is 0 Å². The maximum absolute atomic E-state index is 13.3. The molecular formula is C27H34N2O3. The third kappa shape index (κ3) is 5.28. The molecule has 0 aromatic heterocycles. The van der Waals surface area contributed by atoms with Crippen LogP contribution < -0.4 is 0 Å². The molecule has 0 N–H and O–H groups in total. The number of carbonyl (C=O) groups is 2. The fourth-order valence-corrected chi connectivity index (χ4v) is 4.69. The molecule has 0 bridgehead atoms. The van der Waals surface area contributed by atoms with Gasteiger partial charge in [-0.1, -0.05) is 30.3 Å². The highest BCUT2D eigenvalue weighted by Gasteiger charge is 2.27. The Labute approximate surface area is 191 Å². The van der Waals surface area contributed by atoms with Crippen molar-refractivity contribution in [3.8, 4) is 0 Å². The first-order chi connectivity index (χ1) is 15.5. The predicted octanol–water partition coefficient (Wildman–Crippen LogP) is 4.11. The molecule has 2 aromatic carbocycles. The molecule has 5 heteroatoms. The van der Waals surface area contributed by atoms with Gasteiger partial charge in [0.2, 0.25) is 0 Å². The number of piperidine rings is 1. The van der Waals surface area contributed by atoms with Crippen LogP contribution >= 0.6 is 0 Å². The van der Waals surface area contributed by atoms with Gasteiger partial charge >= 0.3 is 0 Å². The van der Waals surface area contributed by atoms with Crippen LogP contribution in [0.25, 0.3) is 0 Å². The molecule has 2 aromatic rings. The quantitative estimate of drug-likeness (QED) is 0.642. The summed E-state index contributed by atoms with van der Waals surface area (Å²) >= 11 is 0. The van der Waals surface area contributed by atoms with E-state index in [1.807, 2.05) is 49.1 Å². The van der Waals surface area contributed by atoms with Gasteiger partial charge in [0.05, 0.1) is 18.8 Å². The van der Waals surface area contributed by atoms with E-state index in [2.05, 4.69) is 4.90 Å². The molecule has 2 fully saturated rings. The summed E-state index contributed by atoms with van der Waals surface area (Å²) in [7, 11) is 0. The Morgan fingerprint density at radius 3 is 2.28 bits per heavy atom. The van der Waals surface area contributed by atoms with Gasteiger partial charge in [0.25, 0.3) is 5.91 Å². The van der Waals surface area contributed by atoms with Crippen LogP contribution in [0, 0.1) is 19.8 Å². The van der Waals surface area contributed by atoms with Crippen molar-refractivity contribution in [2.75, 3.05) is 45.9 Å². The second-order valence-electron chi connectivity index (χ2n) is 9.15. The van der Waals surface area contributed by atoms with Gasteiger partial charge in [-0.05, 0) is 68.8 Å². The van der Waals surface area contributed by atoms with Crippen LogP contribution in [0.4, 0.5) is 0 Å². The highest BCUT2D eigenvalue weighted by atomic mass is 16.5. The number of hydrogen-bond acceptors (Lipinski definition) is 4. The van der Waals surface area contributed by atoms with Gasteiger partial charge in [-0.15, -0.1) is 0 Å². The van der Waals surface area contributed by atoms with Crippen LogP contribution in [0.2, 0.25) is 0 Å². The average molecular weight is 435 g/mol. The maximum Gasteiger partial charge on any atom is 0.254 e. The molecule has 4 rings (SSSR count). The smallest absolute Gasteiger partial charge is 0.254 e. The van der Waals surface area contributed by atoms with E-state index in [0.717, 1.165) is 69.9 Å². The summed E-state index contributed by atoms with van der Waals surface area (Å²) in [6, 6.07) is 13.0. The zero-order valence-electron chi connectivity index (χ0n) is 19.3. The molecule has 0 saturated carbocycles. The first kappa shape index (κ1) is 22.7. The summed E-state index contributed by atoms with van der Waals surface area (Å²) in [5, 5.41) is 0. The van der Waals surface area contributed by atoms with Crippen molar-refractivity contribution in [2.24, 2.45) is 5.92 Å². The van der Waals surface area contributed by atoms with Gasteiger partial charge in [0.1, 0.15) is 0 Å². The highest BCUT2D eigenvalue weighted by molar-refractivity contribution is 6.15. The standard InChI is InChI=1S/C27H34N2O3/c1-20-7-8-23(19-21(20)2)26(30)24-5-3-4-6-25(24)27(31)29-13-10-22(11-14-29)9-12-28-15-17-32-18-16-28/h3-8,19,22H,9-18H2,1-2H3. The molecule has 0 aliphatic carbocycles. The Morgan fingerprint density at radius 2 is 1.59 bits per heavy atom. The summed E-state index contributed by atoms with van der Waals surface area (Å²) in [5.41, 5.74) is 3.88. The molecule has 32 heavy (non-hydrogen) atoms. The van der Waals surface area contributed by atoms with Crippen LogP contribution in [-0.2, 0) is 4.74 Å². The number of aryl methyl sites for hydroxylation is 2. The molecule has 1 amide bonds. The Bertz CT molecular complexity index is 957. The lowest BCUT2D eigenvalue weighted by molar-refractivity contribution is 0.0332. The van der Waals surface area contributed by atoms with E-state index in [1.165, 1.54) is 6.42 Å². The van der Waals surface area contributed by atoms with Crippen molar-refractivity contribution >= 4 is 11.7 Å². The topological polar surface area (TPSA) is 49.9 Å². The fourth-order valence-electron chi connectivity index (χ4n) is 4.69. The zero-order chi connectivity index (χ0) is 22.5. The summed E-state index contributed by atoms with van der Waals surface area (Å²) in [4.78, 5) is 31.0. The van der Waals surface area contributed by atoms with Crippen molar-refractivity contribution in [3.63, 3.8) is 0 Å². The Balaban J connectivity index is 1.39. The number of hydrogen-bond donors (Lipinski definition) is 0. The molecule has 2 heterocycles. The minimum absolute atomic E-state index is 0.0237. The summed E-state index contributed by atoms with van der Waals surface area (Å²) in [6.45, 7) is 10.4. The number of amides is 1. The van der Waals surface area contributed by atoms with Crippen molar-refractivity contribution in [1.29, 1.82) is 0 Å². The summed E-state index contributed by atoms with van der Waals surface area (Å²) < 4.78 is 5.43. The van der Waals surface area contributed by atoms with Crippen LogP contribution in [0.3, 0.4) is 0 Å². The van der Waals surface area contributed by atoms with E-state index in [1.54, 1.807) is 12.1 Å². The Kier molecular flexibility index (Phi) is 7.38. The number of rotatable bonds is 6. The minimum atomic E-state index is -0.0857. The van der Waals surface area contributed by atoms with E-state index in [-0.39, 0.29) is 11.7 Å². The Hall–Kier alpha value is -2.50. The number of likely N-dealkylation sites (tertiary alicyclic amines) is 1. The maximum atomic E-state index is 13.3. The first-order valence-corrected chi connectivity index (χ1v) is 11.8. The molecular weight excluding hydrogens is 400 g/mol. The number of benzene rings is 2. The van der Waals surface area contributed by atoms with Crippen LogP contribution in [0.5, 0.6) is 0 Å². The van der Waals surface area contributed by atoms with Crippen LogP contribution in [0.1, 0.15) is 56.7 Å². The van der Waals surface area contributed by atoms with Crippen molar-refractivity contribution in [1.82, 2.24) is 9.80 Å². The van der Waals surface area contributed by atoms with Crippen molar-refractivity contribution in [2.45, 2.75) is 33.1 Å². The monoisotopic (exact) mass is 434 g/mol.